The van der Waals surface area contributed by atoms with Crippen LogP contribution in [0.1, 0.15) is 29.3 Å². The molecule has 0 radical (unpaired) electrons. The molecular formula is C28H26N4O4S2. The van der Waals surface area contributed by atoms with Crippen LogP contribution in [0, 0.1) is 0 Å². The normalized spacial score (nSPS) is 13.8. The summed E-state index contributed by atoms with van der Waals surface area (Å²) in [4.78, 5) is 29.4. The van der Waals surface area contributed by atoms with E-state index in [1.165, 1.54) is 46.8 Å². The molecular weight excluding hydrogens is 520 g/mol. The average Bonchev–Trinajstić information content (AvgIpc) is 3.24. The number of amides is 2. The van der Waals surface area contributed by atoms with Gasteiger partial charge >= 0.3 is 0 Å². The van der Waals surface area contributed by atoms with E-state index in [2.05, 4.69) is 16.9 Å². The van der Waals surface area contributed by atoms with Gasteiger partial charge in [0.1, 0.15) is 0 Å². The third-order valence-corrected chi connectivity index (χ3v) is 9.14. The number of nitrogens with zero attached hydrogens (tertiary/aromatic N) is 3. The number of rotatable bonds is 6. The number of carbonyl (C=O) groups excluding carboxylic acids is 2. The van der Waals surface area contributed by atoms with Crippen LogP contribution in [0.5, 0.6) is 0 Å². The molecule has 0 atom stereocenters. The monoisotopic (exact) mass is 546 g/mol. The van der Waals surface area contributed by atoms with Gasteiger partial charge in [-0.2, -0.15) is 4.99 Å². The number of hydrogen-bond acceptors (Lipinski definition) is 5. The molecule has 8 nitrogen and oxygen atoms in total. The maximum absolute atomic E-state index is 13.4. The van der Waals surface area contributed by atoms with Crippen LogP contribution < -0.4 is 14.4 Å². The molecule has 0 unspecified atom stereocenters. The second-order valence-electron chi connectivity index (χ2n) is 8.90. The van der Waals surface area contributed by atoms with Crippen molar-refractivity contribution in [3.63, 3.8) is 0 Å². The van der Waals surface area contributed by atoms with Gasteiger partial charge in [-0.15, -0.1) is 6.58 Å². The first-order chi connectivity index (χ1) is 18.3. The van der Waals surface area contributed by atoms with Crippen molar-refractivity contribution in [2.45, 2.75) is 31.2 Å². The second kappa shape index (κ2) is 10.4. The zero-order valence-electron chi connectivity index (χ0n) is 20.8. The standard InChI is InChI=1S/C28H26N4O4S2/c1-3-16-31-25-15-12-22(29-19(2)33)18-26(25)37-28(31)30-27(34)21-10-13-23(14-11-21)38(35,36)32-17-6-8-20-7-4-5-9-24(20)32/h3-5,7,9-15,18H,1,6,8,16-17H2,2H3,(H,29,33). The van der Waals surface area contributed by atoms with E-state index < -0.39 is 15.9 Å². The molecule has 0 bridgehead atoms. The van der Waals surface area contributed by atoms with Crippen molar-refractivity contribution in [1.82, 2.24) is 4.57 Å². The molecule has 10 heteroatoms. The van der Waals surface area contributed by atoms with Crippen molar-refractivity contribution in [3.8, 4) is 0 Å². The Morgan fingerprint density at radius 1 is 1.11 bits per heavy atom. The molecule has 194 valence electrons. The highest BCUT2D eigenvalue weighted by Gasteiger charge is 2.29. The highest BCUT2D eigenvalue weighted by atomic mass is 32.2. The summed E-state index contributed by atoms with van der Waals surface area (Å²) in [6.45, 7) is 6.10. The summed E-state index contributed by atoms with van der Waals surface area (Å²) < 4.78 is 31.0. The van der Waals surface area contributed by atoms with E-state index >= 15 is 0 Å². The highest BCUT2D eigenvalue weighted by molar-refractivity contribution is 7.92. The van der Waals surface area contributed by atoms with Crippen LogP contribution in [-0.2, 0) is 27.8 Å². The van der Waals surface area contributed by atoms with Crippen LogP contribution in [0.15, 0.2) is 89.3 Å². The Hall–Kier alpha value is -4.02. The fraction of sp³-hybridized carbons (Fsp3) is 0.179. The zero-order valence-corrected chi connectivity index (χ0v) is 22.4. The van der Waals surface area contributed by atoms with E-state index in [1.807, 2.05) is 41.0 Å². The van der Waals surface area contributed by atoms with Gasteiger partial charge in [0.15, 0.2) is 4.80 Å². The summed E-state index contributed by atoms with van der Waals surface area (Å²) in [6, 6.07) is 18.9. The van der Waals surface area contributed by atoms with Crippen LogP contribution in [0.2, 0.25) is 0 Å². The molecule has 0 aliphatic carbocycles. The fourth-order valence-corrected chi connectivity index (χ4v) is 7.16. The lowest BCUT2D eigenvalue weighted by atomic mass is 10.0. The molecule has 1 aliphatic rings. The number of aryl methyl sites for hydroxylation is 1. The number of allylic oxidation sites excluding steroid dienone is 1. The van der Waals surface area contributed by atoms with Crippen LogP contribution in [0.3, 0.4) is 0 Å². The molecule has 0 spiro atoms. The van der Waals surface area contributed by atoms with E-state index in [1.54, 1.807) is 12.1 Å². The number of hydrogen-bond donors (Lipinski definition) is 1. The smallest absolute Gasteiger partial charge is 0.279 e. The molecule has 0 saturated carbocycles. The third kappa shape index (κ3) is 4.92. The Labute approximate surface area is 224 Å². The molecule has 3 aromatic carbocycles. The molecule has 2 amide bonds. The lowest BCUT2D eigenvalue weighted by Crippen LogP contribution is -2.35. The van der Waals surface area contributed by atoms with Crippen LogP contribution >= 0.6 is 11.3 Å². The third-order valence-electron chi connectivity index (χ3n) is 6.27. The van der Waals surface area contributed by atoms with Gasteiger partial charge in [-0.3, -0.25) is 13.9 Å². The van der Waals surface area contributed by atoms with Crippen molar-refractivity contribution in [1.29, 1.82) is 0 Å². The molecule has 4 aromatic rings. The maximum Gasteiger partial charge on any atom is 0.279 e. The van der Waals surface area contributed by atoms with Gasteiger partial charge in [-0.05, 0) is 66.9 Å². The van der Waals surface area contributed by atoms with Crippen molar-refractivity contribution >= 4 is 54.8 Å². The number of thiazole rings is 1. The molecule has 5 rings (SSSR count). The number of nitrogens with one attached hydrogen (secondary N) is 1. The summed E-state index contributed by atoms with van der Waals surface area (Å²) in [5.41, 5.74) is 3.51. The number of carbonyl (C=O) groups is 2. The predicted molar refractivity (Wildman–Crippen MR) is 150 cm³/mol. The van der Waals surface area contributed by atoms with E-state index in [9.17, 15) is 18.0 Å². The van der Waals surface area contributed by atoms with Crippen molar-refractivity contribution in [2.75, 3.05) is 16.2 Å². The minimum atomic E-state index is -3.77. The Morgan fingerprint density at radius 2 is 1.87 bits per heavy atom. The number of para-hydroxylation sites is 1. The zero-order chi connectivity index (χ0) is 26.9. The topological polar surface area (TPSA) is 101 Å². The Morgan fingerprint density at radius 3 is 2.61 bits per heavy atom. The number of anilines is 2. The lowest BCUT2D eigenvalue weighted by molar-refractivity contribution is -0.114. The predicted octanol–water partition coefficient (Wildman–Crippen LogP) is 4.73. The number of sulfonamides is 1. The molecule has 1 aliphatic heterocycles. The van der Waals surface area contributed by atoms with Crippen molar-refractivity contribution < 1.29 is 18.0 Å². The first-order valence-electron chi connectivity index (χ1n) is 12.1. The van der Waals surface area contributed by atoms with Gasteiger partial charge in [0.25, 0.3) is 15.9 Å². The van der Waals surface area contributed by atoms with E-state index in [0.29, 0.717) is 29.3 Å². The Bertz CT molecular complexity index is 1730. The Kier molecular flexibility index (Phi) is 7.00. The molecule has 2 heterocycles. The number of fused-ring (bicyclic) bond motifs is 2. The van der Waals surface area contributed by atoms with Gasteiger partial charge in [0.05, 0.1) is 20.8 Å². The van der Waals surface area contributed by atoms with E-state index in [0.717, 1.165) is 28.6 Å². The van der Waals surface area contributed by atoms with E-state index in [-0.39, 0.29) is 16.4 Å². The maximum atomic E-state index is 13.4. The average molecular weight is 547 g/mol. The second-order valence-corrected chi connectivity index (χ2v) is 11.8. The number of aromatic nitrogens is 1. The van der Waals surface area contributed by atoms with Gasteiger partial charge in [0.2, 0.25) is 5.91 Å². The van der Waals surface area contributed by atoms with Crippen LogP contribution in [0.25, 0.3) is 10.2 Å². The SMILES string of the molecule is C=CCn1c(=NC(=O)c2ccc(S(=O)(=O)N3CCCc4ccccc43)cc2)sc2cc(NC(C)=O)ccc21. The largest absolute Gasteiger partial charge is 0.326 e. The summed E-state index contributed by atoms with van der Waals surface area (Å²) in [6.07, 6.45) is 3.31. The molecule has 1 N–H and O–H groups in total. The Balaban J connectivity index is 1.46. The van der Waals surface area contributed by atoms with Crippen molar-refractivity contribution in [3.05, 3.63) is 95.3 Å². The summed E-state index contributed by atoms with van der Waals surface area (Å²) in [5.74, 6) is -0.654. The quantitative estimate of drug-likeness (QED) is 0.353. The highest BCUT2D eigenvalue weighted by Crippen LogP contribution is 2.32. The van der Waals surface area contributed by atoms with Gasteiger partial charge in [0, 0.05) is 31.3 Å². The fourth-order valence-electron chi connectivity index (χ4n) is 4.54. The van der Waals surface area contributed by atoms with Gasteiger partial charge in [-0.25, -0.2) is 8.42 Å². The molecule has 0 fully saturated rings. The van der Waals surface area contributed by atoms with Gasteiger partial charge < -0.3 is 9.88 Å². The van der Waals surface area contributed by atoms with Crippen molar-refractivity contribution in [2.24, 2.45) is 4.99 Å². The summed E-state index contributed by atoms with van der Waals surface area (Å²) in [7, 11) is -3.77. The van der Waals surface area contributed by atoms with Gasteiger partial charge in [-0.1, -0.05) is 35.6 Å². The summed E-state index contributed by atoms with van der Waals surface area (Å²) >= 11 is 1.32. The number of benzene rings is 3. The minimum absolute atomic E-state index is 0.125. The minimum Gasteiger partial charge on any atom is -0.326 e. The summed E-state index contributed by atoms with van der Waals surface area (Å²) in [5, 5.41) is 2.76. The van der Waals surface area contributed by atoms with Crippen LogP contribution in [0.4, 0.5) is 11.4 Å². The first kappa shape index (κ1) is 25.6. The van der Waals surface area contributed by atoms with E-state index in [4.69, 9.17) is 0 Å². The molecule has 0 saturated heterocycles. The first-order valence-corrected chi connectivity index (χ1v) is 14.4. The van der Waals surface area contributed by atoms with Crippen LogP contribution in [-0.4, -0.2) is 31.3 Å². The molecule has 1 aromatic heterocycles. The molecule has 38 heavy (non-hydrogen) atoms. The lowest BCUT2D eigenvalue weighted by Gasteiger charge is -2.30.